The quantitative estimate of drug-likeness (QED) is 0.850. The van der Waals surface area contributed by atoms with Gasteiger partial charge in [-0.25, -0.2) is 4.68 Å². The third-order valence-electron chi connectivity index (χ3n) is 1.90. The monoisotopic (exact) mass is 330 g/mol. The zero-order valence-electron chi connectivity index (χ0n) is 8.04. The molecule has 0 aliphatic carbocycles. The minimum absolute atomic E-state index is 0.242. The number of aliphatic carboxylic acids is 1. The Labute approximate surface area is 104 Å². The minimum Gasteiger partial charge on any atom is -0.480 e. The average Bonchev–Trinajstić information content (AvgIpc) is 2.65. The van der Waals surface area contributed by atoms with Gasteiger partial charge in [-0.15, -0.1) is 5.10 Å². The van der Waals surface area contributed by atoms with Gasteiger partial charge in [0.15, 0.2) is 5.82 Å². The van der Waals surface area contributed by atoms with Crippen molar-refractivity contribution in [3.05, 3.63) is 27.8 Å². The number of halogens is 1. The zero-order valence-corrected chi connectivity index (χ0v) is 10.2. The third-order valence-corrected chi connectivity index (χ3v) is 2.57. The number of carboxylic acids is 1. The summed E-state index contributed by atoms with van der Waals surface area (Å²) >= 11 is 2.17. The smallest absolute Gasteiger partial charge is 0.325 e. The van der Waals surface area contributed by atoms with Crippen LogP contribution in [0, 0.1) is 3.57 Å². The third kappa shape index (κ3) is 2.35. The number of benzene rings is 1. The highest BCUT2D eigenvalue weighted by atomic mass is 127. The van der Waals surface area contributed by atoms with Gasteiger partial charge in [-0.05, 0) is 45.2 Å². The summed E-state index contributed by atoms with van der Waals surface area (Å²) in [5.41, 5.74) is 0.804. The lowest BCUT2D eigenvalue weighted by Crippen LogP contribution is -2.11. The van der Waals surface area contributed by atoms with Crippen molar-refractivity contribution in [1.82, 2.24) is 20.2 Å². The van der Waals surface area contributed by atoms with Crippen LogP contribution in [0.3, 0.4) is 0 Å². The van der Waals surface area contributed by atoms with Crippen molar-refractivity contribution in [3.8, 4) is 11.4 Å². The number of tetrazole rings is 1. The van der Waals surface area contributed by atoms with E-state index in [2.05, 4.69) is 38.1 Å². The van der Waals surface area contributed by atoms with E-state index in [-0.39, 0.29) is 6.54 Å². The molecular formula is C9H7IN4O2. The molecule has 0 atom stereocenters. The van der Waals surface area contributed by atoms with Gasteiger partial charge in [0.2, 0.25) is 0 Å². The number of aromatic nitrogens is 4. The molecule has 0 saturated heterocycles. The van der Waals surface area contributed by atoms with Gasteiger partial charge < -0.3 is 5.11 Å². The van der Waals surface area contributed by atoms with E-state index in [0.717, 1.165) is 9.13 Å². The number of hydrogen-bond donors (Lipinski definition) is 1. The van der Waals surface area contributed by atoms with E-state index in [9.17, 15) is 4.79 Å². The molecular weight excluding hydrogens is 323 g/mol. The Balaban J connectivity index is 2.40. The molecule has 7 heteroatoms. The summed E-state index contributed by atoms with van der Waals surface area (Å²) in [7, 11) is 0. The summed E-state index contributed by atoms with van der Waals surface area (Å²) in [5, 5.41) is 19.6. The number of hydrogen-bond acceptors (Lipinski definition) is 4. The van der Waals surface area contributed by atoms with Gasteiger partial charge in [-0.2, -0.15) is 0 Å². The van der Waals surface area contributed by atoms with Crippen molar-refractivity contribution in [1.29, 1.82) is 0 Å². The second-order valence-electron chi connectivity index (χ2n) is 3.06. The summed E-state index contributed by atoms with van der Waals surface area (Å²) < 4.78 is 2.30. The Bertz CT molecular complexity index is 526. The van der Waals surface area contributed by atoms with E-state index < -0.39 is 5.97 Å². The predicted octanol–water partition coefficient (Wildman–Crippen LogP) is 1.03. The van der Waals surface area contributed by atoms with Crippen LogP contribution in [0.2, 0.25) is 0 Å². The first-order valence-electron chi connectivity index (χ1n) is 4.41. The summed E-state index contributed by atoms with van der Waals surface area (Å²) in [4.78, 5) is 10.6. The maximum absolute atomic E-state index is 10.6. The van der Waals surface area contributed by atoms with Crippen LogP contribution in [0.1, 0.15) is 0 Å². The zero-order chi connectivity index (χ0) is 11.5. The molecule has 0 bridgehead atoms. The van der Waals surface area contributed by atoms with Crippen molar-refractivity contribution >= 4 is 28.6 Å². The Morgan fingerprint density at radius 2 is 2.31 bits per heavy atom. The molecule has 0 fully saturated rings. The highest BCUT2D eigenvalue weighted by Gasteiger charge is 2.11. The van der Waals surface area contributed by atoms with Crippen molar-refractivity contribution in [2.75, 3.05) is 0 Å². The molecule has 16 heavy (non-hydrogen) atoms. The van der Waals surface area contributed by atoms with E-state index in [4.69, 9.17) is 5.11 Å². The lowest BCUT2D eigenvalue weighted by atomic mass is 10.2. The summed E-state index contributed by atoms with van der Waals surface area (Å²) in [6.07, 6.45) is 0. The molecule has 0 unspecified atom stereocenters. The van der Waals surface area contributed by atoms with Crippen LogP contribution in [-0.2, 0) is 11.3 Å². The van der Waals surface area contributed by atoms with E-state index in [1.54, 1.807) is 0 Å². The van der Waals surface area contributed by atoms with Crippen LogP contribution in [0.4, 0.5) is 0 Å². The normalized spacial score (nSPS) is 10.3. The molecule has 0 radical (unpaired) electrons. The van der Waals surface area contributed by atoms with Gasteiger partial charge >= 0.3 is 5.97 Å². The molecule has 1 aromatic heterocycles. The molecule has 0 spiro atoms. The predicted molar refractivity (Wildman–Crippen MR) is 63.6 cm³/mol. The molecule has 0 aliphatic rings. The molecule has 1 aromatic carbocycles. The Kier molecular flexibility index (Phi) is 3.13. The second kappa shape index (κ2) is 4.56. The first-order chi connectivity index (χ1) is 7.66. The maximum Gasteiger partial charge on any atom is 0.325 e. The topological polar surface area (TPSA) is 80.9 Å². The number of rotatable bonds is 3. The molecule has 1 heterocycles. The molecule has 82 valence electrons. The second-order valence-corrected chi connectivity index (χ2v) is 4.31. The molecule has 6 nitrogen and oxygen atoms in total. The van der Waals surface area contributed by atoms with E-state index in [1.165, 1.54) is 4.68 Å². The average molecular weight is 330 g/mol. The summed E-state index contributed by atoms with van der Waals surface area (Å²) in [5.74, 6) is -0.514. The molecule has 2 aromatic rings. The van der Waals surface area contributed by atoms with E-state index in [1.807, 2.05) is 24.3 Å². The lowest BCUT2D eigenvalue weighted by Gasteiger charge is -2.01. The van der Waals surface area contributed by atoms with Crippen LogP contribution in [0.25, 0.3) is 11.4 Å². The highest BCUT2D eigenvalue weighted by molar-refractivity contribution is 14.1. The van der Waals surface area contributed by atoms with Crippen LogP contribution in [0.15, 0.2) is 24.3 Å². The Hall–Kier alpha value is -1.51. The van der Waals surface area contributed by atoms with Crippen molar-refractivity contribution < 1.29 is 9.90 Å². The van der Waals surface area contributed by atoms with Crippen LogP contribution < -0.4 is 0 Å². The maximum atomic E-state index is 10.6. The van der Waals surface area contributed by atoms with Gasteiger partial charge in [-0.1, -0.05) is 12.1 Å². The molecule has 0 amide bonds. The standard InChI is InChI=1S/C9H7IN4O2/c10-7-3-1-2-6(4-7)9-11-12-13-14(9)5-8(15)16/h1-4H,5H2,(H,15,16). The fourth-order valence-corrected chi connectivity index (χ4v) is 1.82. The fraction of sp³-hybridized carbons (Fsp3) is 0.111. The number of nitrogens with zero attached hydrogens (tertiary/aromatic N) is 4. The van der Waals surface area contributed by atoms with Crippen molar-refractivity contribution in [2.45, 2.75) is 6.54 Å². The van der Waals surface area contributed by atoms with Gasteiger partial charge in [0, 0.05) is 9.13 Å². The summed E-state index contributed by atoms with van der Waals surface area (Å²) in [6, 6.07) is 7.54. The molecule has 1 N–H and O–H groups in total. The van der Waals surface area contributed by atoms with Crippen LogP contribution >= 0.6 is 22.6 Å². The Morgan fingerprint density at radius 1 is 1.50 bits per heavy atom. The van der Waals surface area contributed by atoms with Gasteiger partial charge in [0.25, 0.3) is 0 Å². The van der Waals surface area contributed by atoms with Gasteiger partial charge in [-0.3, -0.25) is 4.79 Å². The highest BCUT2D eigenvalue weighted by Crippen LogP contribution is 2.18. The van der Waals surface area contributed by atoms with Gasteiger partial charge in [0.1, 0.15) is 6.54 Å². The lowest BCUT2D eigenvalue weighted by molar-refractivity contribution is -0.137. The largest absolute Gasteiger partial charge is 0.480 e. The van der Waals surface area contributed by atoms with E-state index >= 15 is 0 Å². The van der Waals surface area contributed by atoms with Crippen molar-refractivity contribution in [3.63, 3.8) is 0 Å². The van der Waals surface area contributed by atoms with Crippen LogP contribution in [-0.4, -0.2) is 31.3 Å². The number of carbonyl (C=O) groups is 1. The molecule has 0 saturated carbocycles. The molecule has 2 rings (SSSR count). The number of carboxylic acid groups (broad SMARTS) is 1. The summed E-state index contributed by atoms with van der Waals surface area (Å²) in [6.45, 7) is -0.242. The minimum atomic E-state index is -0.973. The molecule has 0 aliphatic heterocycles. The first-order valence-corrected chi connectivity index (χ1v) is 5.48. The van der Waals surface area contributed by atoms with Gasteiger partial charge in [0.05, 0.1) is 0 Å². The van der Waals surface area contributed by atoms with Crippen molar-refractivity contribution in [2.24, 2.45) is 0 Å². The van der Waals surface area contributed by atoms with E-state index in [0.29, 0.717) is 5.82 Å². The first kappa shape index (κ1) is 11.0. The Morgan fingerprint density at radius 3 is 3.00 bits per heavy atom. The van der Waals surface area contributed by atoms with Crippen LogP contribution in [0.5, 0.6) is 0 Å². The fourth-order valence-electron chi connectivity index (χ4n) is 1.27. The SMILES string of the molecule is O=C(O)Cn1nnnc1-c1cccc(I)c1.